The average Bonchev–Trinajstić information content (AvgIpc) is 2.92. The summed E-state index contributed by atoms with van der Waals surface area (Å²) in [7, 11) is -1.21. The molecule has 1 atom stereocenters. The van der Waals surface area contributed by atoms with Gasteiger partial charge in [-0.25, -0.2) is 8.42 Å². The van der Waals surface area contributed by atoms with Crippen LogP contribution in [0, 0.1) is 0 Å². The Morgan fingerprint density at radius 2 is 1.86 bits per heavy atom. The molecule has 1 aliphatic rings. The van der Waals surface area contributed by atoms with Crippen molar-refractivity contribution in [1.82, 2.24) is 15.5 Å². The molecule has 158 valence electrons. The lowest BCUT2D eigenvalue weighted by Crippen LogP contribution is -2.42. The second-order valence-electron chi connectivity index (χ2n) is 7.90. The van der Waals surface area contributed by atoms with Crippen molar-refractivity contribution < 1.29 is 8.42 Å². The molecule has 1 saturated heterocycles. The fraction of sp³-hybridized carbons (Fsp3) is 0.667. The Labute approximate surface area is 170 Å². The van der Waals surface area contributed by atoms with E-state index in [1.165, 1.54) is 56.2 Å². The molecule has 1 heterocycles. The zero-order valence-corrected chi connectivity index (χ0v) is 18.4. The first kappa shape index (κ1) is 22.7. The van der Waals surface area contributed by atoms with Gasteiger partial charge in [0.25, 0.3) is 0 Å². The van der Waals surface area contributed by atoms with Gasteiger partial charge >= 0.3 is 0 Å². The van der Waals surface area contributed by atoms with Gasteiger partial charge in [0.1, 0.15) is 9.84 Å². The van der Waals surface area contributed by atoms with E-state index in [0.717, 1.165) is 6.54 Å². The fourth-order valence-electron chi connectivity index (χ4n) is 3.47. The minimum absolute atomic E-state index is 0.0373. The van der Waals surface area contributed by atoms with Crippen molar-refractivity contribution in [2.24, 2.45) is 4.99 Å². The Morgan fingerprint density at radius 3 is 2.50 bits per heavy atom. The van der Waals surface area contributed by atoms with Crippen molar-refractivity contribution in [2.45, 2.75) is 58.2 Å². The number of benzene rings is 1. The van der Waals surface area contributed by atoms with Crippen LogP contribution in [0.5, 0.6) is 0 Å². The molecular weight excluding hydrogens is 372 g/mol. The molecule has 7 heteroatoms. The molecule has 0 aromatic heterocycles. The normalized spacial score (nSPS) is 17.8. The predicted molar refractivity (Wildman–Crippen MR) is 117 cm³/mol. The highest BCUT2D eigenvalue weighted by atomic mass is 32.2. The van der Waals surface area contributed by atoms with Crippen molar-refractivity contribution >= 4 is 15.8 Å². The number of rotatable bonds is 8. The first-order chi connectivity index (χ1) is 13.4. The van der Waals surface area contributed by atoms with Gasteiger partial charge in [0, 0.05) is 32.4 Å². The summed E-state index contributed by atoms with van der Waals surface area (Å²) in [5, 5.41) is 6.59. The van der Waals surface area contributed by atoms with Gasteiger partial charge in [-0.1, -0.05) is 37.1 Å². The molecule has 6 nitrogen and oxygen atoms in total. The molecule has 0 amide bonds. The van der Waals surface area contributed by atoms with Crippen molar-refractivity contribution in [3.05, 3.63) is 35.4 Å². The minimum atomic E-state index is -2.94. The second-order valence-corrected chi connectivity index (χ2v) is 10.2. The van der Waals surface area contributed by atoms with Crippen LogP contribution >= 0.6 is 0 Å². The number of sulfone groups is 1. The monoisotopic (exact) mass is 408 g/mol. The van der Waals surface area contributed by atoms with Gasteiger partial charge in [-0.3, -0.25) is 9.89 Å². The minimum Gasteiger partial charge on any atom is -0.354 e. The first-order valence-corrected chi connectivity index (χ1v) is 12.4. The van der Waals surface area contributed by atoms with Gasteiger partial charge in [-0.05, 0) is 50.4 Å². The van der Waals surface area contributed by atoms with Gasteiger partial charge in [0.15, 0.2) is 5.96 Å². The third-order valence-corrected chi connectivity index (χ3v) is 6.06. The lowest BCUT2D eigenvalue weighted by Gasteiger charge is -2.20. The molecule has 0 radical (unpaired) electrons. The van der Waals surface area contributed by atoms with Crippen LogP contribution in [-0.4, -0.2) is 57.5 Å². The molecule has 1 aromatic rings. The molecule has 0 bridgehead atoms. The average molecular weight is 409 g/mol. The van der Waals surface area contributed by atoms with Crippen LogP contribution in [-0.2, 0) is 22.9 Å². The SMILES string of the molecule is CN=C(NCc1cccc(CN2CCCCCC2)c1)NC(C)CCS(C)(=O)=O. The molecule has 2 rings (SSSR count). The Bertz CT molecular complexity index is 726. The van der Waals surface area contributed by atoms with Crippen LogP contribution in [0.1, 0.15) is 50.2 Å². The largest absolute Gasteiger partial charge is 0.354 e. The quantitative estimate of drug-likeness (QED) is 0.511. The van der Waals surface area contributed by atoms with E-state index >= 15 is 0 Å². The maximum Gasteiger partial charge on any atom is 0.191 e. The van der Waals surface area contributed by atoms with E-state index in [1.807, 2.05) is 6.92 Å². The van der Waals surface area contributed by atoms with Crippen LogP contribution < -0.4 is 10.6 Å². The third kappa shape index (κ3) is 9.06. The Kier molecular flexibility index (Phi) is 9.25. The van der Waals surface area contributed by atoms with Gasteiger partial charge in [-0.2, -0.15) is 0 Å². The molecule has 0 saturated carbocycles. The van der Waals surface area contributed by atoms with Crippen molar-refractivity contribution in [3.8, 4) is 0 Å². The van der Waals surface area contributed by atoms with Crippen molar-refractivity contribution in [3.63, 3.8) is 0 Å². The van der Waals surface area contributed by atoms with Crippen molar-refractivity contribution in [2.75, 3.05) is 32.1 Å². The predicted octanol–water partition coefficient (Wildman–Crippen LogP) is 2.55. The molecule has 2 N–H and O–H groups in total. The second kappa shape index (κ2) is 11.4. The highest BCUT2D eigenvalue weighted by Gasteiger charge is 2.11. The molecular formula is C21H36N4O2S. The maximum absolute atomic E-state index is 11.3. The zero-order chi connectivity index (χ0) is 20.4. The van der Waals surface area contributed by atoms with Crippen LogP contribution in [0.2, 0.25) is 0 Å². The number of nitrogens with one attached hydrogen (secondary N) is 2. The molecule has 0 aliphatic carbocycles. The number of aliphatic imine (C=N–C) groups is 1. The standard InChI is InChI=1S/C21H36N4O2S/c1-18(11-14-28(3,26)27)24-21(22-2)23-16-19-9-8-10-20(15-19)17-25-12-6-4-5-7-13-25/h8-10,15,18H,4-7,11-14,16-17H2,1-3H3,(H2,22,23,24). The van der Waals surface area contributed by atoms with Crippen LogP contribution in [0.15, 0.2) is 29.3 Å². The Hall–Kier alpha value is -1.60. The summed E-state index contributed by atoms with van der Waals surface area (Å²) in [6.45, 7) is 6.07. The highest BCUT2D eigenvalue weighted by Crippen LogP contribution is 2.14. The van der Waals surface area contributed by atoms with Crippen LogP contribution in [0.4, 0.5) is 0 Å². The summed E-state index contributed by atoms with van der Waals surface area (Å²) in [6, 6.07) is 8.75. The maximum atomic E-state index is 11.3. The number of guanidine groups is 1. The smallest absolute Gasteiger partial charge is 0.191 e. The molecule has 1 fully saturated rings. The molecule has 1 unspecified atom stereocenters. The molecule has 1 aromatic carbocycles. The summed E-state index contributed by atoms with van der Waals surface area (Å²) in [6.07, 6.45) is 7.15. The Morgan fingerprint density at radius 1 is 1.18 bits per heavy atom. The number of hydrogen-bond donors (Lipinski definition) is 2. The molecule has 1 aliphatic heterocycles. The fourth-order valence-corrected chi connectivity index (χ4v) is 4.25. The third-order valence-electron chi connectivity index (χ3n) is 5.08. The molecule has 0 spiro atoms. The van der Waals surface area contributed by atoms with E-state index in [-0.39, 0.29) is 11.8 Å². The summed E-state index contributed by atoms with van der Waals surface area (Å²) >= 11 is 0. The van der Waals surface area contributed by atoms with Gasteiger partial charge < -0.3 is 10.6 Å². The van der Waals surface area contributed by atoms with Crippen LogP contribution in [0.25, 0.3) is 0 Å². The van der Waals surface area contributed by atoms with E-state index in [9.17, 15) is 8.42 Å². The lowest BCUT2D eigenvalue weighted by atomic mass is 10.1. The number of likely N-dealkylation sites (tertiary alicyclic amines) is 1. The number of hydrogen-bond acceptors (Lipinski definition) is 4. The Balaban J connectivity index is 1.83. The zero-order valence-electron chi connectivity index (χ0n) is 17.6. The topological polar surface area (TPSA) is 73.8 Å². The van der Waals surface area contributed by atoms with Gasteiger partial charge in [0.05, 0.1) is 5.75 Å². The van der Waals surface area contributed by atoms with Crippen molar-refractivity contribution in [1.29, 1.82) is 0 Å². The summed E-state index contributed by atoms with van der Waals surface area (Å²) in [5.41, 5.74) is 2.57. The van der Waals surface area contributed by atoms with E-state index in [1.54, 1.807) is 7.05 Å². The van der Waals surface area contributed by atoms with E-state index in [2.05, 4.69) is 44.8 Å². The lowest BCUT2D eigenvalue weighted by molar-refractivity contribution is 0.277. The molecule has 28 heavy (non-hydrogen) atoms. The van der Waals surface area contributed by atoms with Crippen LogP contribution in [0.3, 0.4) is 0 Å². The first-order valence-electron chi connectivity index (χ1n) is 10.3. The van der Waals surface area contributed by atoms with Gasteiger partial charge in [0.2, 0.25) is 0 Å². The summed E-state index contributed by atoms with van der Waals surface area (Å²) in [5.74, 6) is 0.871. The summed E-state index contributed by atoms with van der Waals surface area (Å²) < 4.78 is 22.6. The van der Waals surface area contributed by atoms with Gasteiger partial charge in [-0.15, -0.1) is 0 Å². The van der Waals surface area contributed by atoms with E-state index in [0.29, 0.717) is 18.9 Å². The summed E-state index contributed by atoms with van der Waals surface area (Å²) in [4.78, 5) is 6.81. The number of nitrogens with zero attached hydrogens (tertiary/aromatic N) is 2. The van der Waals surface area contributed by atoms with E-state index < -0.39 is 9.84 Å². The highest BCUT2D eigenvalue weighted by molar-refractivity contribution is 7.90. The van der Waals surface area contributed by atoms with E-state index in [4.69, 9.17) is 0 Å².